The van der Waals surface area contributed by atoms with Gasteiger partial charge >= 0.3 is 0 Å². The number of unbranched alkanes of at least 4 members (excludes halogenated alkanes) is 6. The van der Waals surface area contributed by atoms with E-state index in [1.54, 1.807) is 0 Å². The summed E-state index contributed by atoms with van der Waals surface area (Å²) in [6.07, 6.45) is 11.0. The largest absolute Gasteiger partial charge is 1.00 e. The molecule has 0 spiro atoms. The van der Waals surface area contributed by atoms with Crippen molar-refractivity contribution in [3.63, 3.8) is 0 Å². The van der Waals surface area contributed by atoms with Gasteiger partial charge in [-0.25, -0.2) is 0 Å². The van der Waals surface area contributed by atoms with E-state index in [0.717, 1.165) is 12.4 Å². The summed E-state index contributed by atoms with van der Waals surface area (Å²) in [5, 5.41) is 0. The summed E-state index contributed by atoms with van der Waals surface area (Å²) >= 11 is 5.95. The molecular weight excluding hydrogens is 265 g/mol. The molecule has 0 N–H and O–H groups in total. The van der Waals surface area contributed by atoms with Gasteiger partial charge in [0.2, 0.25) is 0 Å². The van der Waals surface area contributed by atoms with Crippen molar-refractivity contribution < 1.29 is 16.9 Å². The molecule has 0 rings (SSSR count). The van der Waals surface area contributed by atoms with Crippen LogP contribution in [0.4, 0.5) is 0 Å². The Balaban J connectivity index is 0. The van der Waals surface area contributed by atoms with Gasteiger partial charge in [-0.1, -0.05) is 39.5 Å². The minimum Gasteiger partial charge on any atom is -1.00 e. The summed E-state index contributed by atoms with van der Waals surface area (Å²) in [5.41, 5.74) is 0. The fraction of sp³-hybridized carbons (Fsp3) is 1.00. The van der Waals surface area contributed by atoms with Crippen LogP contribution in [0.1, 0.15) is 65.2 Å². The maximum atomic E-state index is 5.95. The van der Waals surface area contributed by atoms with Crippen LogP contribution in [0.3, 0.4) is 0 Å². The molecule has 0 aliphatic rings. The Morgan fingerprint density at radius 1 is 0.722 bits per heavy atom. The van der Waals surface area contributed by atoms with E-state index < -0.39 is 0 Å². The van der Waals surface area contributed by atoms with Crippen molar-refractivity contribution >= 4 is 11.6 Å². The monoisotopic (exact) mass is 297 g/mol. The minimum absolute atomic E-state index is 0. The molecule has 0 aliphatic carbocycles. The van der Waals surface area contributed by atoms with Gasteiger partial charge in [0.15, 0.2) is 0 Å². The lowest BCUT2D eigenvalue weighted by Gasteiger charge is -2.34. The van der Waals surface area contributed by atoms with Crippen molar-refractivity contribution in [2.24, 2.45) is 0 Å². The number of hydrogen-bond acceptors (Lipinski definition) is 0. The first-order chi connectivity index (χ1) is 8.18. The summed E-state index contributed by atoms with van der Waals surface area (Å²) in [4.78, 5) is 0. The predicted octanol–water partition coefficient (Wildman–Crippen LogP) is 1.84. The molecule has 0 bridgehead atoms. The molecule has 0 unspecified atom stereocenters. The van der Waals surface area contributed by atoms with Crippen LogP contribution in [-0.2, 0) is 0 Å². The molecule has 18 heavy (non-hydrogen) atoms. The molecule has 0 aromatic rings. The van der Waals surface area contributed by atoms with E-state index >= 15 is 0 Å². The van der Waals surface area contributed by atoms with Gasteiger partial charge in [0, 0.05) is 0 Å². The fourth-order valence-corrected chi connectivity index (χ4v) is 2.79. The number of hydrogen-bond donors (Lipinski definition) is 0. The molecule has 0 atom stereocenters. The Hall–Kier alpha value is 0.540. The Labute approximate surface area is 126 Å². The summed E-state index contributed by atoms with van der Waals surface area (Å²) in [6.45, 7) is 8.33. The first kappa shape index (κ1) is 20.8. The van der Waals surface area contributed by atoms with Gasteiger partial charge < -0.3 is 16.9 Å². The van der Waals surface area contributed by atoms with Gasteiger partial charge in [-0.3, -0.25) is 0 Å². The zero-order valence-electron chi connectivity index (χ0n) is 12.7. The van der Waals surface area contributed by atoms with Crippen molar-refractivity contribution in [2.75, 3.05) is 32.6 Å². The maximum Gasteiger partial charge on any atom is 0.0922 e. The molecule has 0 aliphatic heterocycles. The van der Waals surface area contributed by atoms with Crippen LogP contribution >= 0.6 is 11.6 Å². The first-order valence-corrected chi connectivity index (χ1v) is 8.11. The van der Waals surface area contributed by atoms with E-state index in [1.807, 2.05) is 0 Å². The first-order valence-electron chi connectivity index (χ1n) is 7.58. The van der Waals surface area contributed by atoms with Crippen LogP contribution in [0.15, 0.2) is 0 Å². The van der Waals surface area contributed by atoms with E-state index in [4.69, 9.17) is 11.6 Å². The molecule has 0 heterocycles. The van der Waals surface area contributed by atoms with E-state index in [-0.39, 0.29) is 12.4 Å². The van der Waals surface area contributed by atoms with E-state index in [2.05, 4.69) is 20.9 Å². The Morgan fingerprint density at radius 3 is 1.50 bits per heavy atom. The molecule has 0 saturated heterocycles. The van der Waals surface area contributed by atoms with Crippen LogP contribution in [0, 0.1) is 0 Å². The molecule has 0 aromatic heterocycles. The van der Waals surface area contributed by atoms with Crippen molar-refractivity contribution in [3.8, 4) is 0 Å². The molecule has 3 heteroatoms. The van der Waals surface area contributed by atoms with E-state index in [1.165, 1.54) is 68.9 Å². The second kappa shape index (κ2) is 14.0. The highest BCUT2D eigenvalue weighted by Crippen LogP contribution is 2.12. The van der Waals surface area contributed by atoms with Gasteiger partial charge in [-0.15, -0.1) is 11.6 Å². The third-order valence-electron chi connectivity index (χ3n) is 3.73. The highest BCUT2D eigenvalue weighted by Gasteiger charge is 2.19. The minimum atomic E-state index is 0. The van der Waals surface area contributed by atoms with Crippen LogP contribution in [0.25, 0.3) is 0 Å². The summed E-state index contributed by atoms with van der Waals surface area (Å²) < 4.78 is 1.19. The average molecular weight is 298 g/mol. The molecular formula is C15H33Cl2N. The number of nitrogens with zero attached hydrogens (tertiary/aromatic N) is 1. The summed E-state index contributed by atoms with van der Waals surface area (Å²) in [5.74, 6) is 0.804. The third kappa shape index (κ3) is 11.6. The van der Waals surface area contributed by atoms with Crippen molar-refractivity contribution in [3.05, 3.63) is 0 Å². The number of alkyl halides is 1. The third-order valence-corrected chi connectivity index (χ3v) is 3.90. The van der Waals surface area contributed by atoms with E-state index in [9.17, 15) is 0 Å². The normalized spacial score (nSPS) is 11.3. The van der Waals surface area contributed by atoms with Crippen molar-refractivity contribution in [2.45, 2.75) is 65.2 Å². The molecule has 1 nitrogen and oxygen atoms in total. The van der Waals surface area contributed by atoms with Crippen molar-refractivity contribution in [1.29, 1.82) is 0 Å². The highest BCUT2D eigenvalue weighted by molar-refractivity contribution is 6.17. The summed E-state index contributed by atoms with van der Waals surface area (Å²) in [7, 11) is 2.39. The quantitative estimate of drug-likeness (QED) is 0.293. The van der Waals surface area contributed by atoms with E-state index in [0.29, 0.717) is 0 Å². The number of rotatable bonds is 12. The standard InChI is InChI=1S/C15H33ClN.ClH/c1-4-6-8-10-13-17(3,15-12-16)14-11-9-7-5-2;/h4-15H2,1-3H3;1H/q+1;/p-1. The van der Waals surface area contributed by atoms with Crippen LogP contribution < -0.4 is 12.4 Å². The maximum absolute atomic E-state index is 5.95. The van der Waals surface area contributed by atoms with Crippen LogP contribution in [-0.4, -0.2) is 37.0 Å². The smallest absolute Gasteiger partial charge is 0.0922 e. The van der Waals surface area contributed by atoms with Crippen LogP contribution in [0.2, 0.25) is 0 Å². The Bertz CT molecular complexity index is 151. The topological polar surface area (TPSA) is 0 Å². The molecule has 112 valence electrons. The second-order valence-corrected chi connectivity index (χ2v) is 5.98. The predicted molar refractivity (Wildman–Crippen MR) is 79.8 cm³/mol. The molecule has 0 fully saturated rings. The molecule has 0 amide bonds. The molecule has 0 saturated carbocycles. The lowest BCUT2D eigenvalue weighted by Crippen LogP contribution is -3.00. The lowest BCUT2D eigenvalue weighted by atomic mass is 10.1. The lowest BCUT2D eigenvalue weighted by molar-refractivity contribution is -0.907. The Kier molecular flexibility index (Phi) is 16.2. The van der Waals surface area contributed by atoms with Crippen LogP contribution in [0.5, 0.6) is 0 Å². The van der Waals surface area contributed by atoms with Gasteiger partial charge in [0.05, 0.1) is 32.6 Å². The summed E-state index contributed by atoms with van der Waals surface area (Å²) in [6, 6.07) is 0. The zero-order valence-corrected chi connectivity index (χ0v) is 14.2. The van der Waals surface area contributed by atoms with Gasteiger partial charge in [-0.2, -0.15) is 0 Å². The van der Waals surface area contributed by atoms with Crippen molar-refractivity contribution in [1.82, 2.24) is 0 Å². The number of halogens is 2. The zero-order chi connectivity index (χ0) is 13.0. The fourth-order valence-electron chi connectivity index (χ4n) is 2.38. The highest BCUT2D eigenvalue weighted by atomic mass is 35.5. The molecule has 0 aromatic carbocycles. The van der Waals surface area contributed by atoms with Gasteiger partial charge in [0.1, 0.15) is 0 Å². The van der Waals surface area contributed by atoms with Gasteiger partial charge in [0.25, 0.3) is 0 Å². The average Bonchev–Trinajstić information content (AvgIpc) is 2.31. The second-order valence-electron chi connectivity index (χ2n) is 5.60. The molecule has 0 radical (unpaired) electrons. The Morgan fingerprint density at radius 2 is 1.17 bits per heavy atom. The van der Waals surface area contributed by atoms with Gasteiger partial charge in [-0.05, 0) is 25.7 Å². The SMILES string of the molecule is CCCCCC[N+](C)(CCCl)CCCCCC.[Cl-]. The number of quaternary nitrogens is 1.